The van der Waals surface area contributed by atoms with Crippen molar-refractivity contribution in [1.82, 2.24) is 0 Å². The van der Waals surface area contributed by atoms with Crippen LogP contribution in [0.4, 0.5) is 0 Å². The Bertz CT molecular complexity index is 1150. The van der Waals surface area contributed by atoms with E-state index in [0.717, 1.165) is 0 Å². The van der Waals surface area contributed by atoms with E-state index in [1.54, 1.807) is 48.5 Å². The van der Waals surface area contributed by atoms with Crippen LogP contribution in [0.1, 0.15) is 20.7 Å². The van der Waals surface area contributed by atoms with Gasteiger partial charge in [-0.1, -0.05) is 83.7 Å². The van der Waals surface area contributed by atoms with Crippen LogP contribution in [0.25, 0.3) is 21.9 Å². The summed E-state index contributed by atoms with van der Waals surface area (Å²) < 4.78 is 11.2. The molecule has 0 atom stereocenters. The second kappa shape index (κ2) is 9.41. The third-order valence-corrected chi connectivity index (χ3v) is 5.10. The van der Waals surface area contributed by atoms with E-state index in [9.17, 15) is 14.7 Å². The van der Waals surface area contributed by atoms with Gasteiger partial charge in [0.25, 0.3) is 0 Å². The highest BCUT2D eigenvalue weighted by molar-refractivity contribution is 9.10. The highest BCUT2D eigenvalue weighted by Crippen LogP contribution is 2.43. The Hall–Kier alpha value is -3.38. The zero-order chi connectivity index (χ0) is 21.7. The van der Waals surface area contributed by atoms with Crippen molar-refractivity contribution in [2.45, 2.75) is 0 Å². The quantitative estimate of drug-likeness (QED) is 0.359. The number of hydrogen-bond acceptors (Lipinski definition) is 5. The maximum atomic E-state index is 13.1. The first-order valence-electron chi connectivity index (χ1n) is 9.09. The summed E-state index contributed by atoms with van der Waals surface area (Å²) in [6.07, 6.45) is 2.88. The Morgan fingerprint density at radius 1 is 0.867 bits per heavy atom. The summed E-state index contributed by atoms with van der Waals surface area (Å²) in [5.74, 6) is -1.69. The van der Waals surface area contributed by atoms with Gasteiger partial charge in [-0.15, -0.1) is 0 Å². The lowest BCUT2D eigenvalue weighted by molar-refractivity contribution is 0.0547. The topological polar surface area (TPSA) is 72.8 Å². The molecular formula is C24H19BrO5. The van der Waals surface area contributed by atoms with Gasteiger partial charge < -0.3 is 14.6 Å². The van der Waals surface area contributed by atoms with Gasteiger partial charge in [-0.25, -0.2) is 9.59 Å². The van der Waals surface area contributed by atoms with Crippen LogP contribution in [0, 0.1) is 0 Å². The second-order valence-electron chi connectivity index (χ2n) is 6.27. The molecule has 0 fully saturated rings. The maximum Gasteiger partial charge on any atom is 0.342 e. The summed E-state index contributed by atoms with van der Waals surface area (Å²) in [6, 6.07) is 13.9. The number of ether oxygens (including phenoxy) is 2. The van der Waals surface area contributed by atoms with Crippen LogP contribution >= 0.6 is 15.9 Å². The Labute approximate surface area is 182 Å². The van der Waals surface area contributed by atoms with Crippen molar-refractivity contribution in [2.24, 2.45) is 0 Å². The fourth-order valence-corrected chi connectivity index (χ4v) is 3.66. The first kappa shape index (κ1) is 21.3. The second-order valence-corrected chi connectivity index (χ2v) is 7.13. The molecule has 1 N–H and O–H groups in total. The van der Waals surface area contributed by atoms with Gasteiger partial charge in [-0.3, -0.25) is 0 Å². The maximum absolute atomic E-state index is 13.1. The third kappa shape index (κ3) is 4.00. The van der Waals surface area contributed by atoms with Crippen molar-refractivity contribution < 1.29 is 24.2 Å². The largest absolute Gasteiger partial charge is 0.506 e. The standard InChI is InChI=1S/C24H19BrO5/c1-3-13-29-23(27)20-15-9-5-6-10-16(15)22(26)21(24(28)30-14-4-2)19(20)17-11-7-8-12-18(17)25/h3-12,26H,1-2,13-14H2. The van der Waals surface area contributed by atoms with E-state index in [1.165, 1.54) is 12.2 Å². The molecule has 0 radical (unpaired) electrons. The molecule has 3 aromatic carbocycles. The van der Waals surface area contributed by atoms with E-state index in [1.807, 2.05) is 0 Å². The van der Waals surface area contributed by atoms with Gasteiger partial charge in [0.2, 0.25) is 0 Å². The number of phenols is 1. The van der Waals surface area contributed by atoms with Crippen molar-refractivity contribution in [2.75, 3.05) is 13.2 Å². The molecule has 6 heteroatoms. The Balaban J connectivity index is 2.46. The van der Waals surface area contributed by atoms with Gasteiger partial charge in [0.15, 0.2) is 0 Å². The fourth-order valence-electron chi connectivity index (χ4n) is 3.18. The number of aromatic hydroxyl groups is 1. The molecule has 0 unspecified atom stereocenters. The molecule has 5 nitrogen and oxygen atoms in total. The molecule has 0 aliphatic carbocycles. The molecular weight excluding hydrogens is 448 g/mol. The lowest BCUT2D eigenvalue weighted by Crippen LogP contribution is -2.14. The van der Waals surface area contributed by atoms with E-state index in [-0.39, 0.29) is 35.7 Å². The fraction of sp³-hybridized carbons (Fsp3) is 0.0833. The van der Waals surface area contributed by atoms with Crippen LogP contribution in [0.3, 0.4) is 0 Å². The number of esters is 2. The molecule has 0 spiro atoms. The average Bonchev–Trinajstić information content (AvgIpc) is 2.76. The van der Waals surface area contributed by atoms with E-state index < -0.39 is 11.9 Å². The van der Waals surface area contributed by atoms with Crippen LogP contribution in [0.15, 0.2) is 78.3 Å². The van der Waals surface area contributed by atoms with Gasteiger partial charge in [-0.2, -0.15) is 0 Å². The van der Waals surface area contributed by atoms with Crippen molar-refractivity contribution in [3.05, 3.63) is 89.4 Å². The number of fused-ring (bicyclic) bond motifs is 1. The minimum absolute atomic E-state index is 0.000318. The molecule has 3 rings (SSSR count). The molecule has 0 heterocycles. The monoisotopic (exact) mass is 466 g/mol. The van der Waals surface area contributed by atoms with E-state index in [2.05, 4.69) is 29.1 Å². The van der Waals surface area contributed by atoms with Crippen LogP contribution in [-0.2, 0) is 9.47 Å². The number of benzene rings is 3. The zero-order valence-electron chi connectivity index (χ0n) is 16.1. The van der Waals surface area contributed by atoms with Crippen molar-refractivity contribution in [3.8, 4) is 16.9 Å². The highest BCUT2D eigenvalue weighted by Gasteiger charge is 2.30. The molecule has 0 aliphatic rings. The summed E-state index contributed by atoms with van der Waals surface area (Å²) >= 11 is 3.48. The molecule has 30 heavy (non-hydrogen) atoms. The number of carbonyl (C=O) groups is 2. The molecule has 0 saturated heterocycles. The summed E-state index contributed by atoms with van der Waals surface area (Å²) in [6.45, 7) is 7.07. The van der Waals surface area contributed by atoms with Gasteiger partial charge in [0, 0.05) is 20.8 Å². The molecule has 0 bridgehead atoms. The lowest BCUT2D eigenvalue weighted by Gasteiger charge is -2.19. The molecule has 0 aromatic heterocycles. The summed E-state index contributed by atoms with van der Waals surface area (Å²) in [7, 11) is 0. The Morgan fingerprint density at radius 3 is 2.00 bits per heavy atom. The SMILES string of the molecule is C=CCOC(=O)c1c(-c2ccccc2Br)c(C(=O)OCC=C)c2ccccc2c1O. The molecule has 0 aliphatic heterocycles. The normalized spacial score (nSPS) is 10.4. The lowest BCUT2D eigenvalue weighted by atomic mass is 9.88. The average molecular weight is 467 g/mol. The highest BCUT2D eigenvalue weighted by atomic mass is 79.9. The number of phenolic OH excluding ortho intramolecular Hbond substituents is 1. The third-order valence-electron chi connectivity index (χ3n) is 4.40. The van der Waals surface area contributed by atoms with Gasteiger partial charge in [0.05, 0.1) is 5.56 Å². The van der Waals surface area contributed by atoms with E-state index >= 15 is 0 Å². The van der Waals surface area contributed by atoms with E-state index in [4.69, 9.17) is 9.47 Å². The molecule has 152 valence electrons. The van der Waals surface area contributed by atoms with Gasteiger partial charge in [0.1, 0.15) is 24.5 Å². The van der Waals surface area contributed by atoms with E-state index in [0.29, 0.717) is 20.8 Å². The van der Waals surface area contributed by atoms with Crippen LogP contribution in [0.2, 0.25) is 0 Å². The molecule has 0 saturated carbocycles. The summed E-state index contributed by atoms with van der Waals surface area (Å²) in [5, 5.41) is 11.8. The zero-order valence-corrected chi connectivity index (χ0v) is 17.6. The number of carbonyl (C=O) groups excluding carboxylic acids is 2. The van der Waals surface area contributed by atoms with Crippen molar-refractivity contribution >= 4 is 38.6 Å². The van der Waals surface area contributed by atoms with Crippen LogP contribution in [0.5, 0.6) is 5.75 Å². The van der Waals surface area contributed by atoms with Crippen molar-refractivity contribution in [1.29, 1.82) is 0 Å². The molecule has 3 aromatic rings. The Kier molecular flexibility index (Phi) is 6.69. The van der Waals surface area contributed by atoms with Gasteiger partial charge >= 0.3 is 11.9 Å². The number of hydrogen-bond donors (Lipinski definition) is 1. The first-order chi connectivity index (χ1) is 14.5. The Morgan fingerprint density at radius 2 is 1.40 bits per heavy atom. The molecule has 0 amide bonds. The summed E-state index contributed by atoms with van der Waals surface area (Å²) in [5.41, 5.74) is 0.798. The van der Waals surface area contributed by atoms with Crippen LogP contribution in [-0.4, -0.2) is 30.3 Å². The first-order valence-corrected chi connectivity index (χ1v) is 9.89. The van der Waals surface area contributed by atoms with Gasteiger partial charge in [-0.05, 0) is 11.6 Å². The minimum Gasteiger partial charge on any atom is -0.506 e. The number of rotatable bonds is 7. The summed E-state index contributed by atoms with van der Waals surface area (Å²) in [4.78, 5) is 26.0. The van der Waals surface area contributed by atoms with Crippen LogP contribution < -0.4 is 0 Å². The predicted octanol–water partition coefficient (Wildman–Crippen LogP) is 5.66. The minimum atomic E-state index is -0.776. The van der Waals surface area contributed by atoms with Crippen molar-refractivity contribution in [3.63, 3.8) is 0 Å². The number of halogens is 1. The smallest absolute Gasteiger partial charge is 0.342 e. The predicted molar refractivity (Wildman–Crippen MR) is 120 cm³/mol.